The second-order valence-electron chi connectivity index (χ2n) is 4.58. The molecule has 0 radical (unpaired) electrons. The first kappa shape index (κ1) is 14.4. The quantitative estimate of drug-likeness (QED) is 0.735. The summed E-state index contributed by atoms with van der Waals surface area (Å²) in [5.74, 6) is -1.59. The molecule has 0 saturated carbocycles. The maximum Gasteiger partial charge on any atom is 0.337 e. The monoisotopic (exact) mass is 294 g/mol. The Morgan fingerprint density at radius 3 is 2.65 bits per heavy atom. The van der Waals surface area contributed by atoms with Crippen molar-refractivity contribution in [2.75, 3.05) is 16.8 Å². The van der Waals surface area contributed by atoms with Crippen molar-refractivity contribution < 1.29 is 19.5 Å². The van der Waals surface area contributed by atoms with E-state index in [2.05, 4.69) is 17.9 Å². The fourth-order valence-electron chi connectivity index (χ4n) is 2.15. The first-order valence-corrected chi connectivity index (χ1v) is 6.53. The van der Waals surface area contributed by atoms with Crippen molar-refractivity contribution in [1.82, 2.24) is 0 Å². The van der Waals surface area contributed by atoms with Gasteiger partial charge < -0.3 is 15.3 Å². The third-order valence-corrected chi connectivity index (χ3v) is 3.29. The molecule has 20 heavy (non-hydrogen) atoms. The van der Waals surface area contributed by atoms with Gasteiger partial charge in [0.15, 0.2) is 0 Å². The number of carbonyl (C=O) groups excluding carboxylic acids is 2. The van der Waals surface area contributed by atoms with Gasteiger partial charge in [-0.2, -0.15) is 12.6 Å². The summed E-state index contributed by atoms with van der Waals surface area (Å²) in [5.41, 5.74) is 0.688. The van der Waals surface area contributed by atoms with Crippen LogP contribution in [0.3, 0.4) is 0 Å². The van der Waals surface area contributed by atoms with Gasteiger partial charge in [-0.05, 0) is 18.2 Å². The van der Waals surface area contributed by atoms with Crippen molar-refractivity contribution in [2.24, 2.45) is 0 Å². The van der Waals surface area contributed by atoms with Crippen molar-refractivity contribution in [3.63, 3.8) is 0 Å². The summed E-state index contributed by atoms with van der Waals surface area (Å²) in [5, 5.41) is 11.7. The van der Waals surface area contributed by atoms with Crippen molar-refractivity contribution in [1.29, 1.82) is 0 Å². The first-order chi connectivity index (χ1) is 9.38. The number of amides is 2. The summed E-state index contributed by atoms with van der Waals surface area (Å²) in [6, 6.07) is 4.44. The minimum atomic E-state index is -1.15. The Hall–Kier alpha value is -2.02. The van der Waals surface area contributed by atoms with Crippen LogP contribution in [0.2, 0.25) is 0 Å². The molecule has 1 aromatic rings. The molecule has 0 aromatic heterocycles. The molecule has 0 aliphatic carbocycles. The number of carboxylic acids is 1. The van der Waals surface area contributed by atoms with Crippen LogP contribution < -0.4 is 10.2 Å². The van der Waals surface area contributed by atoms with Gasteiger partial charge in [0.05, 0.1) is 11.3 Å². The Labute approximate surface area is 121 Å². The molecule has 0 spiro atoms. The molecule has 1 heterocycles. The smallest absolute Gasteiger partial charge is 0.337 e. The minimum absolute atomic E-state index is 0.0213. The lowest BCUT2D eigenvalue weighted by molar-refractivity contribution is -0.117. The number of nitrogens with one attached hydrogen (secondary N) is 1. The van der Waals surface area contributed by atoms with Gasteiger partial charge in [-0.25, -0.2) is 4.79 Å². The second kappa shape index (κ2) is 5.54. The Morgan fingerprint density at radius 2 is 2.15 bits per heavy atom. The number of rotatable bonds is 3. The lowest BCUT2D eigenvalue weighted by Crippen LogP contribution is -2.26. The average molecular weight is 294 g/mol. The number of carboxylic acid groups (broad SMARTS) is 1. The number of anilines is 2. The number of carbonyl (C=O) groups is 3. The second-order valence-corrected chi connectivity index (χ2v) is 5.31. The van der Waals surface area contributed by atoms with Gasteiger partial charge in [-0.3, -0.25) is 9.59 Å². The van der Waals surface area contributed by atoms with Crippen LogP contribution in [0.4, 0.5) is 11.4 Å². The summed E-state index contributed by atoms with van der Waals surface area (Å²) >= 11 is 4.25. The van der Waals surface area contributed by atoms with Crippen LogP contribution in [-0.4, -0.2) is 34.7 Å². The molecule has 2 amide bonds. The van der Waals surface area contributed by atoms with Gasteiger partial charge >= 0.3 is 5.97 Å². The molecule has 1 fully saturated rings. The van der Waals surface area contributed by atoms with E-state index in [1.807, 2.05) is 0 Å². The third kappa shape index (κ3) is 2.93. The van der Waals surface area contributed by atoms with Crippen LogP contribution in [0.15, 0.2) is 18.2 Å². The molecule has 1 atom stereocenters. The lowest BCUT2D eigenvalue weighted by Gasteiger charge is -2.19. The Morgan fingerprint density at radius 1 is 1.45 bits per heavy atom. The summed E-state index contributed by atoms with van der Waals surface area (Å²) < 4.78 is 0. The fraction of sp³-hybridized carbons (Fsp3) is 0.308. The summed E-state index contributed by atoms with van der Waals surface area (Å²) in [6.07, 6.45) is 0.287. The van der Waals surface area contributed by atoms with E-state index in [1.165, 1.54) is 24.0 Å². The molecule has 2 rings (SSSR count). The Kier molecular flexibility index (Phi) is 3.99. The van der Waals surface area contributed by atoms with Crippen LogP contribution in [0.5, 0.6) is 0 Å². The van der Waals surface area contributed by atoms with E-state index in [-0.39, 0.29) is 29.0 Å². The number of thiol groups is 1. The lowest BCUT2D eigenvalue weighted by atomic mass is 10.1. The van der Waals surface area contributed by atoms with E-state index in [0.717, 1.165) is 0 Å². The zero-order valence-corrected chi connectivity index (χ0v) is 11.7. The zero-order valence-electron chi connectivity index (χ0n) is 10.8. The maximum absolute atomic E-state index is 11.8. The molecule has 1 aliphatic rings. The summed E-state index contributed by atoms with van der Waals surface area (Å²) in [7, 11) is 0. The standard InChI is InChI=1S/C13H14N2O4S/c1-7(16)14-8-2-3-11(10(4-8)13(18)19)15-6-9(20)5-12(15)17/h2-4,9,20H,5-6H2,1H3,(H,14,16)(H,18,19). The molecule has 0 bridgehead atoms. The molecular formula is C13H14N2O4S. The van der Waals surface area contributed by atoms with E-state index in [9.17, 15) is 19.5 Å². The SMILES string of the molecule is CC(=O)Nc1ccc(N2CC(S)CC2=O)c(C(=O)O)c1. The Balaban J connectivity index is 2.40. The summed E-state index contributed by atoms with van der Waals surface area (Å²) in [6.45, 7) is 1.71. The van der Waals surface area contributed by atoms with Gasteiger partial charge in [-0.1, -0.05) is 0 Å². The van der Waals surface area contributed by atoms with E-state index < -0.39 is 5.97 Å². The Bertz CT molecular complexity index is 588. The van der Waals surface area contributed by atoms with Crippen molar-refractivity contribution in [3.05, 3.63) is 23.8 Å². The topological polar surface area (TPSA) is 86.7 Å². The van der Waals surface area contributed by atoms with Crippen molar-refractivity contribution in [2.45, 2.75) is 18.6 Å². The molecule has 7 heteroatoms. The molecule has 1 aromatic carbocycles. The van der Waals surface area contributed by atoms with Gasteiger partial charge in [0.2, 0.25) is 11.8 Å². The molecule has 106 valence electrons. The molecular weight excluding hydrogens is 280 g/mol. The van der Waals surface area contributed by atoms with E-state index in [1.54, 1.807) is 6.07 Å². The molecule has 6 nitrogen and oxygen atoms in total. The van der Waals surface area contributed by atoms with Crippen molar-refractivity contribution >= 4 is 41.8 Å². The van der Waals surface area contributed by atoms with Crippen LogP contribution >= 0.6 is 12.6 Å². The number of hydrogen-bond acceptors (Lipinski definition) is 4. The molecule has 2 N–H and O–H groups in total. The average Bonchev–Trinajstić information content (AvgIpc) is 2.67. The fourth-order valence-corrected chi connectivity index (χ4v) is 2.46. The molecule has 1 aliphatic heterocycles. The van der Waals surface area contributed by atoms with E-state index >= 15 is 0 Å². The van der Waals surface area contributed by atoms with Crippen LogP contribution in [-0.2, 0) is 9.59 Å². The van der Waals surface area contributed by atoms with Crippen LogP contribution in [0.1, 0.15) is 23.7 Å². The highest BCUT2D eigenvalue weighted by molar-refractivity contribution is 7.81. The van der Waals surface area contributed by atoms with E-state index in [0.29, 0.717) is 17.9 Å². The highest BCUT2D eigenvalue weighted by Gasteiger charge is 2.31. The highest BCUT2D eigenvalue weighted by Crippen LogP contribution is 2.29. The van der Waals surface area contributed by atoms with Crippen molar-refractivity contribution in [3.8, 4) is 0 Å². The highest BCUT2D eigenvalue weighted by atomic mass is 32.1. The van der Waals surface area contributed by atoms with Gasteiger partial charge in [0.25, 0.3) is 0 Å². The maximum atomic E-state index is 11.8. The van der Waals surface area contributed by atoms with Gasteiger partial charge in [0, 0.05) is 30.8 Å². The normalized spacial score (nSPS) is 18.2. The molecule has 1 saturated heterocycles. The predicted molar refractivity (Wildman–Crippen MR) is 77.4 cm³/mol. The zero-order chi connectivity index (χ0) is 14.9. The van der Waals surface area contributed by atoms with Gasteiger partial charge in [0.1, 0.15) is 0 Å². The van der Waals surface area contributed by atoms with E-state index in [4.69, 9.17) is 0 Å². The largest absolute Gasteiger partial charge is 0.478 e. The minimum Gasteiger partial charge on any atom is -0.478 e. The van der Waals surface area contributed by atoms with Crippen LogP contribution in [0.25, 0.3) is 0 Å². The third-order valence-electron chi connectivity index (χ3n) is 2.94. The predicted octanol–water partition coefficient (Wildman–Crippen LogP) is 1.38. The number of aromatic carboxylic acids is 1. The number of nitrogens with zero attached hydrogens (tertiary/aromatic N) is 1. The molecule has 1 unspecified atom stereocenters. The number of benzene rings is 1. The number of hydrogen-bond donors (Lipinski definition) is 3. The van der Waals surface area contributed by atoms with Crippen LogP contribution in [0, 0.1) is 0 Å². The first-order valence-electron chi connectivity index (χ1n) is 6.02. The summed E-state index contributed by atoms with van der Waals surface area (Å²) in [4.78, 5) is 35.6. The van der Waals surface area contributed by atoms with Gasteiger partial charge in [-0.15, -0.1) is 0 Å².